The van der Waals surface area contributed by atoms with Gasteiger partial charge in [0.15, 0.2) is 5.69 Å². The third kappa shape index (κ3) is 5.52. The number of hydrogen-bond donors (Lipinski definition) is 1. The molecule has 0 aliphatic carbocycles. The number of aryl methyl sites for hydroxylation is 1. The molecule has 0 atom stereocenters. The van der Waals surface area contributed by atoms with Gasteiger partial charge in [0.05, 0.1) is 18.2 Å². The van der Waals surface area contributed by atoms with Gasteiger partial charge in [-0.25, -0.2) is 14.2 Å². The molecule has 6 nitrogen and oxygen atoms in total. The summed E-state index contributed by atoms with van der Waals surface area (Å²) in [6.45, 7) is 8.42. The number of carbonyl (C=O) groups excluding carboxylic acids is 1. The van der Waals surface area contributed by atoms with E-state index in [-0.39, 0.29) is 25.1 Å². The molecule has 0 unspecified atom stereocenters. The Morgan fingerprint density at radius 2 is 1.87 bits per heavy atom. The minimum Gasteiger partial charge on any atom is -0.496 e. The fraction of sp³-hybridized carbons (Fsp3) is 0.226. The lowest BCUT2D eigenvalue weighted by atomic mass is 9.85. The predicted molar refractivity (Wildman–Crippen MR) is 154 cm³/mol. The minimum atomic E-state index is -0.533. The second kappa shape index (κ2) is 10.5. The molecule has 2 heterocycles. The number of anilines is 1. The van der Waals surface area contributed by atoms with Crippen molar-refractivity contribution in [2.24, 2.45) is 0 Å². The SMILES string of the molecule is COc1cc(OC(=O)c2cscn2)ccc1-c1ccc2c(c1COc1cc(F)ccc1C)C(C)=CC(C)(C)N2.[HH]. The molecule has 1 aliphatic rings. The Kier molecular flexibility index (Phi) is 7.14. The van der Waals surface area contributed by atoms with Crippen LogP contribution in [0.3, 0.4) is 0 Å². The number of ether oxygens (including phenoxy) is 3. The van der Waals surface area contributed by atoms with Gasteiger partial charge in [-0.05, 0) is 68.7 Å². The number of aromatic nitrogens is 1. The molecule has 0 bridgehead atoms. The number of fused-ring (bicyclic) bond motifs is 1. The quantitative estimate of drug-likeness (QED) is 0.188. The molecular formula is C31H31FN2O4S. The van der Waals surface area contributed by atoms with Crippen molar-refractivity contribution in [2.45, 2.75) is 39.8 Å². The molecule has 8 heteroatoms. The monoisotopic (exact) mass is 546 g/mol. The van der Waals surface area contributed by atoms with E-state index in [1.54, 1.807) is 36.2 Å². The highest BCUT2D eigenvalue weighted by Gasteiger charge is 2.27. The van der Waals surface area contributed by atoms with Gasteiger partial charge in [-0.3, -0.25) is 0 Å². The third-order valence-electron chi connectivity index (χ3n) is 6.58. The second-order valence-electron chi connectivity index (χ2n) is 10.0. The standard InChI is InChI=1S/C31H29FN2O4S.H2/c1-18-6-7-20(32)12-27(18)37-15-24-22(10-11-25-29(24)19(2)14-31(3,4)34-25)23-9-8-21(13-28(23)36-5)38-30(35)26-16-39-17-33-26;/h6-14,16-17,34H,15H2,1-5H3;1H. The largest absolute Gasteiger partial charge is 0.496 e. The molecule has 0 spiro atoms. The van der Waals surface area contributed by atoms with Crippen molar-refractivity contribution in [2.75, 3.05) is 12.4 Å². The first kappa shape index (κ1) is 26.4. The Morgan fingerprint density at radius 1 is 1.08 bits per heavy atom. The molecular weight excluding hydrogens is 515 g/mol. The van der Waals surface area contributed by atoms with E-state index in [9.17, 15) is 9.18 Å². The summed E-state index contributed by atoms with van der Waals surface area (Å²) in [4.78, 5) is 16.4. The van der Waals surface area contributed by atoms with E-state index < -0.39 is 5.97 Å². The van der Waals surface area contributed by atoms with Crippen LogP contribution in [-0.2, 0) is 6.61 Å². The summed E-state index contributed by atoms with van der Waals surface area (Å²) in [5, 5.41) is 5.23. The zero-order chi connectivity index (χ0) is 27.7. The van der Waals surface area contributed by atoms with Gasteiger partial charge in [0, 0.05) is 41.3 Å². The molecule has 5 rings (SSSR count). The molecule has 0 radical (unpaired) electrons. The lowest BCUT2D eigenvalue weighted by Gasteiger charge is -2.33. The minimum absolute atomic E-state index is 0. The Balaban J connectivity index is 0.00000370. The van der Waals surface area contributed by atoms with Crippen LogP contribution in [-0.4, -0.2) is 23.6 Å². The Labute approximate surface area is 232 Å². The summed E-state index contributed by atoms with van der Waals surface area (Å²) >= 11 is 1.32. The maximum Gasteiger partial charge on any atom is 0.363 e. The van der Waals surface area contributed by atoms with Gasteiger partial charge >= 0.3 is 5.97 Å². The van der Waals surface area contributed by atoms with Crippen LogP contribution >= 0.6 is 11.3 Å². The molecule has 1 N–H and O–H groups in total. The lowest BCUT2D eigenvalue weighted by Crippen LogP contribution is -2.32. The molecule has 0 saturated carbocycles. The van der Waals surface area contributed by atoms with E-state index in [2.05, 4.69) is 43.2 Å². The second-order valence-corrected chi connectivity index (χ2v) is 10.7. The van der Waals surface area contributed by atoms with Crippen LogP contribution in [0, 0.1) is 12.7 Å². The average Bonchev–Trinajstić information content (AvgIpc) is 3.43. The zero-order valence-corrected chi connectivity index (χ0v) is 23.2. The summed E-state index contributed by atoms with van der Waals surface area (Å²) in [5.41, 5.74) is 8.23. The summed E-state index contributed by atoms with van der Waals surface area (Å²) in [6, 6.07) is 13.9. The van der Waals surface area contributed by atoms with E-state index in [0.29, 0.717) is 17.2 Å². The number of halogens is 1. The first-order valence-corrected chi connectivity index (χ1v) is 13.4. The molecule has 39 heavy (non-hydrogen) atoms. The molecule has 0 fully saturated rings. The highest BCUT2D eigenvalue weighted by atomic mass is 32.1. The lowest BCUT2D eigenvalue weighted by molar-refractivity contribution is 0.0729. The smallest absolute Gasteiger partial charge is 0.363 e. The van der Waals surface area contributed by atoms with Gasteiger partial charge in [-0.15, -0.1) is 11.3 Å². The molecule has 202 valence electrons. The van der Waals surface area contributed by atoms with Crippen molar-refractivity contribution in [1.82, 2.24) is 4.98 Å². The number of carbonyl (C=O) groups is 1. The number of benzene rings is 3. The zero-order valence-electron chi connectivity index (χ0n) is 22.4. The van der Waals surface area contributed by atoms with E-state index in [1.165, 1.54) is 23.5 Å². The summed E-state index contributed by atoms with van der Waals surface area (Å²) in [6.07, 6.45) is 2.19. The van der Waals surface area contributed by atoms with Crippen LogP contribution in [0.2, 0.25) is 0 Å². The van der Waals surface area contributed by atoms with Crippen molar-refractivity contribution in [3.05, 3.63) is 93.7 Å². The van der Waals surface area contributed by atoms with E-state index in [4.69, 9.17) is 14.2 Å². The van der Waals surface area contributed by atoms with Crippen molar-refractivity contribution < 1.29 is 24.8 Å². The number of nitrogens with one attached hydrogen (secondary N) is 1. The van der Waals surface area contributed by atoms with Crippen molar-refractivity contribution in [3.8, 4) is 28.4 Å². The van der Waals surface area contributed by atoms with Crippen LogP contribution in [0.15, 0.2) is 65.5 Å². The van der Waals surface area contributed by atoms with Crippen LogP contribution in [0.25, 0.3) is 16.7 Å². The van der Waals surface area contributed by atoms with Crippen LogP contribution in [0.5, 0.6) is 17.2 Å². The van der Waals surface area contributed by atoms with Gasteiger partial charge in [-0.1, -0.05) is 18.2 Å². The van der Waals surface area contributed by atoms with Gasteiger partial charge < -0.3 is 19.5 Å². The number of thiazole rings is 1. The highest BCUT2D eigenvalue weighted by Crippen LogP contribution is 2.43. The van der Waals surface area contributed by atoms with Crippen molar-refractivity contribution in [1.29, 1.82) is 0 Å². The Hall–Kier alpha value is -4.17. The first-order valence-electron chi connectivity index (χ1n) is 12.5. The van der Waals surface area contributed by atoms with E-state index >= 15 is 0 Å². The Bertz CT molecular complexity index is 1580. The molecule has 0 saturated heterocycles. The number of rotatable bonds is 7. The van der Waals surface area contributed by atoms with Crippen molar-refractivity contribution in [3.63, 3.8) is 0 Å². The van der Waals surface area contributed by atoms with Crippen LogP contribution < -0.4 is 19.5 Å². The average molecular weight is 547 g/mol. The van der Waals surface area contributed by atoms with Gasteiger partial charge in [0.25, 0.3) is 0 Å². The molecule has 1 aromatic heterocycles. The van der Waals surface area contributed by atoms with Gasteiger partial charge in [0.1, 0.15) is 29.7 Å². The van der Waals surface area contributed by atoms with Crippen LogP contribution in [0.4, 0.5) is 10.1 Å². The molecule has 4 aromatic rings. The summed E-state index contributed by atoms with van der Waals surface area (Å²) in [5.74, 6) is 0.482. The maximum absolute atomic E-state index is 14.0. The van der Waals surface area contributed by atoms with Gasteiger partial charge in [0.2, 0.25) is 0 Å². The number of allylic oxidation sites excluding steroid dienone is 1. The molecule has 1 aliphatic heterocycles. The predicted octanol–water partition coefficient (Wildman–Crippen LogP) is 7.92. The first-order chi connectivity index (χ1) is 18.6. The number of nitrogens with zero attached hydrogens (tertiary/aromatic N) is 1. The number of hydrogen-bond acceptors (Lipinski definition) is 7. The normalized spacial score (nSPS) is 13.6. The fourth-order valence-corrected chi connectivity index (χ4v) is 5.43. The number of esters is 1. The molecule has 0 amide bonds. The molecule has 3 aromatic carbocycles. The Morgan fingerprint density at radius 3 is 2.62 bits per heavy atom. The van der Waals surface area contributed by atoms with Crippen molar-refractivity contribution >= 4 is 28.6 Å². The highest BCUT2D eigenvalue weighted by molar-refractivity contribution is 7.07. The van der Waals surface area contributed by atoms with Gasteiger partial charge in [-0.2, -0.15) is 0 Å². The summed E-state index contributed by atoms with van der Waals surface area (Å²) in [7, 11) is 1.57. The topological polar surface area (TPSA) is 69.7 Å². The van der Waals surface area contributed by atoms with Crippen LogP contribution in [0.1, 0.15) is 49.4 Å². The maximum atomic E-state index is 14.0. The number of methoxy groups -OCH3 is 1. The van der Waals surface area contributed by atoms with E-state index in [1.807, 2.05) is 19.1 Å². The van der Waals surface area contributed by atoms with E-state index in [0.717, 1.165) is 39.1 Å². The fourth-order valence-electron chi connectivity index (χ4n) is 4.91. The third-order valence-corrected chi connectivity index (χ3v) is 7.17. The summed E-state index contributed by atoms with van der Waals surface area (Å²) < 4.78 is 31.5.